The van der Waals surface area contributed by atoms with Crippen LogP contribution >= 0.6 is 0 Å². The predicted octanol–water partition coefficient (Wildman–Crippen LogP) is 2.39. The number of ketones is 2. The fourth-order valence-corrected chi connectivity index (χ4v) is 6.48. The number of ether oxygens (including phenoxy) is 4. The summed E-state index contributed by atoms with van der Waals surface area (Å²) in [7, 11) is 2.89. The Morgan fingerprint density at radius 2 is 1.24 bits per heavy atom. The van der Waals surface area contributed by atoms with Crippen LogP contribution in [0.1, 0.15) is 59.3 Å². The van der Waals surface area contributed by atoms with E-state index in [0.717, 1.165) is 21.6 Å². The molecule has 0 spiro atoms. The number of Topliss-reactive ketones (excluding diaryl/α,β-unsaturated/α-hetero) is 2. The fraction of sp³-hybridized carbons (Fsp3) is 0.455. The number of carbonyl (C=O) groups excluding carboxylic acids is 5. The molecule has 2 heterocycles. The molecule has 0 fully saturated rings. The van der Waals surface area contributed by atoms with Crippen molar-refractivity contribution < 1.29 is 61.6 Å². The molecular weight excluding hydrogens is 830 g/mol. The molecule has 0 radical (unpaired) electrons. The van der Waals surface area contributed by atoms with Crippen LogP contribution in [0.3, 0.4) is 0 Å². The highest BCUT2D eigenvalue weighted by Crippen LogP contribution is 2.21. The van der Waals surface area contributed by atoms with Crippen molar-refractivity contribution in [2.24, 2.45) is 14.1 Å². The molecule has 2 aromatic carbocycles. The van der Waals surface area contributed by atoms with Crippen LogP contribution in [0.25, 0.3) is 11.1 Å². The van der Waals surface area contributed by atoms with Crippen LogP contribution in [0, 0.1) is 18.6 Å². The van der Waals surface area contributed by atoms with Crippen molar-refractivity contribution >= 4 is 35.3 Å². The van der Waals surface area contributed by atoms with Gasteiger partial charge < -0.3 is 33.9 Å². The van der Waals surface area contributed by atoms with Gasteiger partial charge in [0.2, 0.25) is 0 Å². The number of carbonyl (C=O) groups is 6. The van der Waals surface area contributed by atoms with Gasteiger partial charge in [-0.15, -0.1) is 0 Å². The van der Waals surface area contributed by atoms with Gasteiger partial charge in [-0.1, -0.05) is 24.3 Å². The number of rotatable bonds is 28. The van der Waals surface area contributed by atoms with Gasteiger partial charge in [0.25, 0.3) is 23.3 Å². The minimum absolute atomic E-state index is 0.00756. The maximum Gasteiger partial charge on any atom is 0.330 e. The summed E-state index contributed by atoms with van der Waals surface area (Å²) in [4.78, 5) is 98.4. The lowest BCUT2D eigenvalue weighted by molar-refractivity contribution is -0.139. The summed E-state index contributed by atoms with van der Waals surface area (Å²) in [5.74, 6) is -6.24. The van der Waals surface area contributed by atoms with Crippen LogP contribution < -0.4 is 16.6 Å². The van der Waals surface area contributed by atoms with Gasteiger partial charge in [0.15, 0.2) is 0 Å². The number of aryl methyl sites for hydroxylation is 1. The molecule has 19 heteroatoms. The molecule has 0 bridgehead atoms. The third-order valence-electron chi connectivity index (χ3n) is 10.2. The minimum Gasteiger partial charge on any atom is -0.480 e. The average molecular weight is 883 g/mol. The van der Waals surface area contributed by atoms with Crippen molar-refractivity contribution in [3.05, 3.63) is 103 Å². The lowest BCUT2D eigenvalue weighted by Crippen LogP contribution is -2.43. The van der Waals surface area contributed by atoms with Gasteiger partial charge in [0.1, 0.15) is 34.8 Å². The van der Waals surface area contributed by atoms with E-state index < -0.39 is 58.2 Å². The molecule has 0 aliphatic carbocycles. The second-order valence-corrected chi connectivity index (χ2v) is 14.7. The molecular formula is C44H52F2N4O13. The summed E-state index contributed by atoms with van der Waals surface area (Å²) in [5.41, 5.74) is -0.178. The van der Waals surface area contributed by atoms with Gasteiger partial charge in [-0.2, -0.15) is 0 Å². The summed E-state index contributed by atoms with van der Waals surface area (Å²) < 4.78 is 54.1. The van der Waals surface area contributed by atoms with Crippen molar-refractivity contribution in [3.63, 3.8) is 0 Å². The van der Waals surface area contributed by atoms with Gasteiger partial charge >= 0.3 is 11.7 Å². The minimum atomic E-state index is -1.56. The Labute approximate surface area is 361 Å². The maximum absolute atomic E-state index is 15.1. The summed E-state index contributed by atoms with van der Waals surface area (Å²) in [6.45, 7) is 3.97. The van der Waals surface area contributed by atoms with E-state index in [2.05, 4.69) is 5.32 Å². The molecule has 17 nitrogen and oxygen atoms in total. The summed E-state index contributed by atoms with van der Waals surface area (Å²) in [5, 5.41) is 12.0. The van der Waals surface area contributed by atoms with Crippen molar-refractivity contribution in [3.8, 4) is 11.1 Å². The molecule has 63 heavy (non-hydrogen) atoms. The Morgan fingerprint density at radius 1 is 0.698 bits per heavy atom. The molecule has 4 rings (SSSR count). The van der Waals surface area contributed by atoms with Crippen LogP contribution in [0.15, 0.2) is 58.1 Å². The van der Waals surface area contributed by atoms with E-state index in [1.54, 1.807) is 31.2 Å². The standard InChI is InChI=1S/C44H52F2N4O13/c1-28-39(42(56)49(3)44(59)48(28)2)31-9-6-29(7-10-31)27-36(43(57)58)47-41(55)40-34(45)25-30(26-35(40)46)8-11-33(52)15-18-61-20-22-63-24-23-62-21-19-60-17-4-5-32(51)14-16-50-37(53)12-13-38(50)54/h6-7,9-10,12-13,25-26,36H,4-5,8,11,14-24,27H2,1-3H3,(H,47,55)(H,57,58)/t36-/m0/s1. The van der Waals surface area contributed by atoms with Gasteiger partial charge in [-0.3, -0.25) is 38.2 Å². The van der Waals surface area contributed by atoms with Crippen LogP contribution in [0.2, 0.25) is 0 Å². The van der Waals surface area contributed by atoms with Gasteiger partial charge in [-0.05, 0) is 48.6 Å². The highest BCUT2D eigenvalue weighted by Gasteiger charge is 2.26. The lowest BCUT2D eigenvalue weighted by Gasteiger charge is -2.16. The number of carboxylic acids is 1. The van der Waals surface area contributed by atoms with E-state index in [1.165, 1.54) is 30.8 Å². The first-order valence-electron chi connectivity index (χ1n) is 20.3. The van der Waals surface area contributed by atoms with Crippen LogP contribution in [0.5, 0.6) is 0 Å². The Morgan fingerprint density at radius 3 is 1.81 bits per heavy atom. The van der Waals surface area contributed by atoms with Crippen molar-refractivity contribution in [2.75, 3.05) is 59.4 Å². The third-order valence-corrected chi connectivity index (χ3v) is 10.2. The van der Waals surface area contributed by atoms with E-state index in [-0.39, 0.29) is 87.6 Å². The van der Waals surface area contributed by atoms with Crippen molar-refractivity contribution in [2.45, 2.75) is 57.9 Å². The molecule has 340 valence electrons. The first-order chi connectivity index (χ1) is 30.1. The van der Waals surface area contributed by atoms with Crippen LogP contribution in [0.4, 0.5) is 8.78 Å². The first kappa shape index (κ1) is 49.6. The summed E-state index contributed by atoms with van der Waals surface area (Å²) in [6, 6.07) is 6.54. The Hall–Kier alpha value is -6.02. The molecule has 1 aliphatic rings. The number of imide groups is 1. The van der Waals surface area contributed by atoms with Gasteiger partial charge in [0, 0.05) is 77.2 Å². The monoisotopic (exact) mass is 882 g/mol. The smallest absolute Gasteiger partial charge is 0.330 e. The third kappa shape index (κ3) is 14.8. The number of nitrogens with one attached hydrogen (secondary N) is 1. The molecule has 3 aromatic rings. The number of carboxylic acid groups (broad SMARTS) is 1. The van der Waals surface area contributed by atoms with E-state index in [1.807, 2.05) is 0 Å². The second kappa shape index (κ2) is 24.6. The zero-order chi connectivity index (χ0) is 46.1. The van der Waals surface area contributed by atoms with Crippen molar-refractivity contribution in [1.29, 1.82) is 0 Å². The van der Waals surface area contributed by atoms with E-state index in [9.17, 15) is 43.5 Å². The first-order valence-corrected chi connectivity index (χ1v) is 20.3. The number of aromatic nitrogens is 2. The zero-order valence-corrected chi connectivity index (χ0v) is 35.5. The average Bonchev–Trinajstić information content (AvgIpc) is 3.57. The van der Waals surface area contributed by atoms with E-state index >= 15 is 8.78 Å². The maximum atomic E-state index is 15.1. The number of aliphatic carboxylic acids is 1. The second-order valence-electron chi connectivity index (χ2n) is 14.7. The van der Waals surface area contributed by atoms with Crippen LogP contribution in [-0.4, -0.2) is 120 Å². The molecule has 0 unspecified atom stereocenters. The fourth-order valence-electron chi connectivity index (χ4n) is 6.48. The molecule has 2 N–H and O–H groups in total. The molecule has 1 atom stereocenters. The van der Waals surface area contributed by atoms with Crippen molar-refractivity contribution in [1.82, 2.24) is 19.4 Å². The number of halogens is 2. The van der Waals surface area contributed by atoms with Gasteiger partial charge in [-0.25, -0.2) is 18.4 Å². The largest absolute Gasteiger partial charge is 0.480 e. The van der Waals surface area contributed by atoms with Crippen LogP contribution in [-0.2, 0) is 69.9 Å². The molecule has 1 aromatic heterocycles. The number of hydrogen-bond acceptors (Lipinski definition) is 12. The highest BCUT2D eigenvalue weighted by molar-refractivity contribution is 6.13. The normalized spacial score (nSPS) is 12.9. The number of benzene rings is 2. The Balaban J connectivity index is 1.06. The quantitative estimate of drug-likeness (QED) is 0.0792. The summed E-state index contributed by atoms with van der Waals surface area (Å²) in [6.07, 6.45) is 3.04. The summed E-state index contributed by atoms with van der Waals surface area (Å²) >= 11 is 0. The predicted molar refractivity (Wildman–Crippen MR) is 222 cm³/mol. The molecule has 0 saturated carbocycles. The Bertz CT molecular complexity index is 2250. The molecule has 3 amide bonds. The highest BCUT2D eigenvalue weighted by atomic mass is 19.1. The number of amides is 3. The number of nitrogens with zero attached hydrogens (tertiary/aromatic N) is 3. The van der Waals surface area contributed by atoms with E-state index in [0.29, 0.717) is 56.3 Å². The van der Waals surface area contributed by atoms with Gasteiger partial charge in [0.05, 0.1) is 51.8 Å². The number of hydrogen-bond donors (Lipinski definition) is 2. The SMILES string of the molecule is Cc1c(-c2ccc(C[C@H](NC(=O)c3c(F)cc(CCC(=O)CCOCCOCCOCCOCCCC(=O)CCN4C(=O)C=CC4=O)cc3F)C(=O)O)cc2)c(=O)n(C)c(=O)n1C. The topological polar surface area (TPSA) is 219 Å². The zero-order valence-electron chi connectivity index (χ0n) is 35.5. The molecule has 0 saturated heterocycles. The molecule has 1 aliphatic heterocycles. The Kier molecular flexibility index (Phi) is 19.4. The van der Waals surface area contributed by atoms with E-state index in [4.69, 9.17) is 18.9 Å². The lowest BCUT2D eigenvalue weighted by atomic mass is 9.99.